The molecule has 1 saturated heterocycles. The molecule has 1 aliphatic rings. The molecule has 0 saturated carbocycles. The minimum absolute atomic E-state index is 0.138. The highest BCUT2D eigenvalue weighted by molar-refractivity contribution is 7.15. The van der Waals surface area contributed by atoms with Gasteiger partial charge in [0.1, 0.15) is 0 Å². The summed E-state index contributed by atoms with van der Waals surface area (Å²) in [5.74, 6) is 0. The summed E-state index contributed by atoms with van der Waals surface area (Å²) in [6.07, 6.45) is -2.53. The molecular formula is C6H8F2N4S. The lowest BCUT2D eigenvalue weighted by Crippen LogP contribution is -2.55. The molecule has 0 unspecified atom stereocenters. The van der Waals surface area contributed by atoms with Crippen molar-refractivity contribution in [2.24, 2.45) is 5.73 Å². The van der Waals surface area contributed by atoms with E-state index in [2.05, 4.69) is 10.2 Å². The van der Waals surface area contributed by atoms with Crippen LogP contribution in [0.1, 0.15) is 11.4 Å². The molecule has 2 rings (SSSR count). The van der Waals surface area contributed by atoms with Crippen LogP contribution in [0.3, 0.4) is 0 Å². The van der Waals surface area contributed by atoms with Gasteiger partial charge in [-0.25, -0.2) is 8.78 Å². The van der Waals surface area contributed by atoms with Crippen molar-refractivity contribution < 1.29 is 8.78 Å². The topological polar surface area (TPSA) is 55.0 Å². The number of rotatable bonds is 2. The molecule has 0 spiro atoms. The maximum Gasteiger partial charge on any atom is 0.291 e. The van der Waals surface area contributed by atoms with Crippen molar-refractivity contribution in [3.05, 3.63) is 5.01 Å². The largest absolute Gasteiger partial charge is 0.343 e. The van der Waals surface area contributed by atoms with Crippen LogP contribution in [0.2, 0.25) is 0 Å². The van der Waals surface area contributed by atoms with E-state index in [0.29, 0.717) is 18.2 Å². The average Bonchev–Trinajstić information content (AvgIpc) is 2.46. The van der Waals surface area contributed by atoms with Crippen LogP contribution in [0.25, 0.3) is 0 Å². The molecule has 4 nitrogen and oxygen atoms in total. The van der Waals surface area contributed by atoms with Gasteiger partial charge in [0.15, 0.2) is 5.01 Å². The Balaban J connectivity index is 2.06. The van der Waals surface area contributed by atoms with Gasteiger partial charge < -0.3 is 10.6 Å². The van der Waals surface area contributed by atoms with E-state index in [-0.39, 0.29) is 11.0 Å². The summed E-state index contributed by atoms with van der Waals surface area (Å²) in [5, 5.41) is 7.34. The molecule has 1 aromatic rings. The Hall–Kier alpha value is -0.820. The van der Waals surface area contributed by atoms with Crippen molar-refractivity contribution in [2.45, 2.75) is 12.5 Å². The zero-order valence-electron chi connectivity index (χ0n) is 6.65. The van der Waals surface area contributed by atoms with Crippen molar-refractivity contribution in [3.63, 3.8) is 0 Å². The van der Waals surface area contributed by atoms with Gasteiger partial charge in [-0.3, -0.25) is 0 Å². The Bertz CT molecular complexity index is 297. The third-order valence-electron chi connectivity index (χ3n) is 1.80. The summed E-state index contributed by atoms with van der Waals surface area (Å²) in [7, 11) is 0. The third-order valence-corrected chi connectivity index (χ3v) is 2.79. The second kappa shape index (κ2) is 3.15. The molecule has 72 valence electrons. The minimum Gasteiger partial charge on any atom is -0.343 e. The molecule has 2 heterocycles. The molecule has 1 fully saturated rings. The van der Waals surface area contributed by atoms with Crippen LogP contribution in [0.15, 0.2) is 0 Å². The monoisotopic (exact) mass is 206 g/mol. The van der Waals surface area contributed by atoms with E-state index < -0.39 is 6.43 Å². The average molecular weight is 206 g/mol. The molecule has 0 radical (unpaired) electrons. The van der Waals surface area contributed by atoms with E-state index in [1.54, 1.807) is 0 Å². The summed E-state index contributed by atoms with van der Waals surface area (Å²) in [5.41, 5.74) is 5.54. The first-order chi connectivity index (χ1) is 6.16. The van der Waals surface area contributed by atoms with Crippen molar-refractivity contribution >= 4 is 16.5 Å². The first kappa shape index (κ1) is 8.76. The lowest BCUT2D eigenvalue weighted by molar-refractivity contribution is 0.150. The van der Waals surface area contributed by atoms with Gasteiger partial charge in [0.25, 0.3) is 6.43 Å². The van der Waals surface area contributed by atoms with E-state index >= 15 is 0 Å². The Morgan fingerprint density at radius 1 is 1.46 bits per heavy atom. The fraction of sp³-hybridized carbons (Fsp3) is 0.667. The number of hydrogen-bond donors (Lipinski definition) is 1. The molecule has 1 aromatic heterocycles. The fourth-order valence-electron chi connectivity index (χ4n) is 1.11. The van der Waals surface area contributed by atoms with Crippen LogP contribution in [-0.4, -0.2) is 29.3 Å². The Kier molecular flexibility index (Phi) is 2.12. The molecule has 2 N–H and O–H groups in total. The Morgan fingerprint density at radius 3 is 2.62 bits per heavy atom. The lowest BCUT2D eigenvalue weighted by Gasteiger charge is -2.36. The van der Waals surface area contributed by atoms with Gasteiger partial charge in [-0.05, 0) is 0 Å². The van der Waals surface area contributed by atoms with Crippen LogP contribution in [0.5, 0.6) is 0 Å². The molecular weight excluding hydrogens is 198 g/mol. The first-order valence-corrected chi connectivity index (χ1v) is 4.60. The summed E-state index contributed by atoms with van der Waals surface area (Å²) < 4.78 is 24.2. The summed E-state index contributed by atoms with van der Waals surface area (Å²) in [6.45, 7) is 1.36. The molecule has 1 aliphatic heterocycles. The normalized spacial score (nSPS) is 18.0. The minimum atomic E-state index is -2.53. The van der Waals surface area contributed by atoms with Crippen LogP contribution in [0.4, 0.5) is 13.9 Å². The number of alkyl halides is 2. The van der Waals surface area contributed by atoms with Crippen molar-refractivity contribution in [1.82, 2.24) is 10.2 Å². The summed E-state index contributed by atoms with van der Waals surface area (Å²) in [6, 6.07) is 0.138. The maximum atomic E-state index is 12.1. The number of hydrogen-bond acceptors (Lipinski definition) is 5. The second-order valence-corrected chi connectivity index (χ2v) is 3.88. The van der Waals surface area contributed by atoms with Gasteiger partial charge in [0, 0.05) is 19.1 Å². The molecule has 0 amide bonds. The summed E-state index contributed by atoms with van der Waals surface area (Å²) >= 11 is 0.925. The number of nitrogens with two attached hydrogens (primary N) is 1. The van der Waals surface area contributed by atoms with Gasteiger partial charge in [-0.1, -0.05) is 11.3 Å². The smallest absolute Gasteiger partial charge is 0.291 e. The highest BCUT2D eigenvalue weighted by Gasteiger charge is 2.27. The van der Waals surface area contributed by atoms with Crippen molar-refractivity contribution in [2.75, 3.05) is 18.0 Å². The quantitative estimate of drug-likeness (QED) is 0.770. The van der Waals surface area contributed by atoms with E-state index in [9.17, 15) is 8.78 Å². The molecule has 0 aromatic carbocycles. The Labute approximate surface area is 77.4 Å². The zero-order valence-corrected chi connectivity index (χ0v) is 7.47. The standard InChI is InChI=1S/C6H8F2N4S/c7-4(8)5-10-11-6(13-5)12-1-3(9)2-12/h3-4H,1-2,9H2. The zero-order chi connectivity index (χ0) is 9.42. The van der Waals surface area contributed by atoms with E-state index in [0.717, 1.165) is 11.3 Å². The predicted octanol–water partition coefficient (Wildman–Crippen LogP) is 0.623. The van der Waals surface area contributed by atoms with Gasteiger partial charge in [0.05, 0.1) is 0 Å². The van der Waals surface area contributed by atoms with Crippen LogP contribution in [0, 0.1) is 0 Å². The Morgan fingerprint density at radius 2 is 2.15 bits per heavy atom. The van der Waals surface area contributed by atoms with Gasteiger partial charge in [0.2, 0.25) is 5.13 Å². The SMILES string of the molecule is NC1CN(c2nnc(C(F)F)s2)C1. The van der Waals surface area contributed by atoms with E-state index in [4.69, 9.17) is 5.73 Å². The van der Waals surface area contributed by atoms with Crippen LogP contribution < -0.4 is 10.6 Å². The molecule has 0 atom stereocenters. The second-order valence-electron chi connectivity index (χ2n) is 2.89. The lowest BCUT2D eigenvalue weighted by atomic mass is 10.1. The molecule has 0 aliphatic carbocycles. The number of nitrogens with zero attached hydrogens (tertiary/aromatic N) is 3. The van der Waals surface area contributed by atoms with E-state index in [1.165, 1.54) is 0 Å². The molecule has 0 bridgehead atoms. The van der Waals surface area contributed by atoms with Gasteiger partial charge in [-0.2, -0.15) is 0 Å². The molecule has 13 heavy (non-hydrogen) atoms. The first-order valence-electron chi connectivity index (χ1n) is 3.79. The maximum absolute atomic E-state index is 12.1. The van der Waals surface area contributed by atoms with Gasteiger partial charge >= 0.3 is 0 Å². The van der Waals surface area contributed by atoms with Crippen molar-refractivity contribution in [1.29, 1.82) is 0 Å². The van der Waals surface area contributed by atoms with Crippen LogP contribution >= 0.6 is 11.3 Å². The number of aromatic nitrogens is 2. The summed E-state index contributed by atoms with van der Waals surface area (Å²) in [4.78, 5) is 1.84. The number of halogens is 2. The highest BCUT2D eigenvalue weighted by atomic mass is 32.1. The predicted molar refractivity (Wildman–Crippen MR) is 45.1 cm³/mol. The third kappa shape index (κ3) is 1.61. The molecule has 7 heteroatoms. The van der Waals surface area contributed by atoms with Gasteiger partial charge in [-0.15, -0.1) is 10.2 Å². The van der Waals surface area contributed by atoms with Crippen LogP contribution in [-0.2, 0) is 0 Å². The van der Waals surface area contributed by atoms with E-state index in [1.807, 2.05) is 4.90 Å². The number of anilines is 1. The van der Waals surface area contributed by atoms with Crippen molar-refractivity contribution in [3.8, 4) is 0 Å². The highest BCUT2D eigenvalue weighted by Crippen LogP contribution is 2.29. The fourth-order valence-corrected chi connectivity index (χ4v) is 1.83.